The Balaban J connectivity index is 2.77. The molecule has 2 aromatic rings. The molecule has 1 aromatic carbocycles. The largest absolute Gasteiger partial charge is 0.397 e. The summed E-state index contributed by atoms with van der Waals surface area (Å²) in [6, 6.07) is 5.43. The van der Waals surface area contributed by atoms with Crippen LogP contribution in [0.2, 0.25) is 0 Å². The first-order valence-corrected chi connectivity index (χ1v) is 4.06. The lowest BCUT2D eigenvalue weighted by Crippen LogP contribution is -1.95. The van der Waals surface area contributed by atoms with Gasteiger partial charge < -0.3 is 10.7 Å². The van der Waals surface area contributed by atoms with Crippen LogP contribution in [0.5, 0.6) is 0 Å². The van der Waals surface area contributed by atoms with Crippen molar-refractivity contribution in [2.24, 2.45) is 0 Å². The van der Waals surface area contributed by atoms with Gasteiger partial charge in [-0.25, -0.2) is 0 Å². The number of nitrogen functional groups attached to an aromatic ring is 1. The first kappa shape index (κ1) is 7.86. The molecular weight excluding hydrogens is 164 g/mol. The molecule has 1 aromatic heterocycles. The number of nitrogens with two attached hydrogens (primary N) is 1. The highest BCUT2D eigenvalue weighted by molar-refractivity contribution is 6.01. The number of fused-ring (bicyclic) bond motifs is 1. The lowest BCUT2D eigenvalue weighted by molar-refractivity contribution is 0.101. The lowest BCUT2D eigenvalue weighted by atomic mass is 10.1. The summed E-state index contributed by atoms with van der Waals surface area (Å²) in [7, 11) is 0. The number of aromatic nitrogens is 1. The number of rotatable bonds is 1. The van der Waals surface area contributed by atoms with Crippen LogP contribution in [-0.4, -0.2) is 10.8 Å². The van der Waals surface area contributed by atoms with Crippen LogP contribution in [-0.2, 0) is 0 Å². The van der Waals surface area contributed by atoms with Gasteiger partial charge in [0.25, 0.3) is 0 Å². The van der Waals surface area contributed by atoms with E-state index < -0.39 is 0 Å². The van der Waals surface area contributed by atoms with Gasteiger partial charge in [-0.2, -0.15) is 0 Å². The number of carbonyl (C=O) groups is 1. The summed E-state index contributed by atoms with van der Waals surface area (Å²) >= 11 is 0. The Hall–Kier alpha value is -1.77. The third-order valence-electron chi connectivity index (χ3n) is 2.10. The summed E-state index contributed by atoms with van der Waals surface area (Å²) < 4.78 is 0. The van der Waals surface area contributed by atoms with Crippen LogP contribution in [0.25, 0.3) is 10.9 Å². The first-order chi connectivity index (χ1) is 6.18. The van der Waals surface area contributed by atoms with Crippen LogP contribution >= 0.6 is 0 Å². The van der Waals surface area contributed by atoms with E-state index in [0.717, 1.165) is 10.9 Å². The zero-order chi connectivity index (χ0) is 9.42. The van der Waals surface area contributed by atoms with Crippen molar-refractivity contribution in [1.29, 1.82) is 0 Å². The van der Waals surface area contributed by atoms with Gasteiger partial charge in [0.15, 0.2) is 5.78 Å². The molecule has 0 atom stereocenters. The Morgan fingerprint density at radius 1 is 1.46 bits per heavy atom. The third kappa shape index (κ3) is 1.18. The number of carbonyl (C=O) groups excluding carboxylic acids is 1. The summed E-state index contributed by atoms with van der Waals surface area (Å²) in [5, 5.41) is 0.977. The van der Waals surface area contributed by atoms with Gasteiger partial charge in [-0.05, 0) is 25.1 Å². The predicted octanol–water partition coefficient (Wildman–Crippen LogP) is 1.95. The Labute approximate surface area is 75.6 Å². The molecule has 0 amide bonds. The molecule has 0 aliphatic heterocycles. The van der Waals surface area contributed by atoms with Crippen molar-refractivity contribution in [1.82, 2.24) is 4.98 Å². The number of hydrogen-bond acceptors (Lipinski definition) is 2. The second kappa shape index (κ2) is 2.62. The fraction of sp³-hybridized carbons (Fsp3) is 0.100. The normalized spacial score (nSPS) is 10.5. The van der Waals surface area contributed by atoms with Gasteiger partial charge >= 0.3 is 0 Å². The molecule has 0 aliphatic carbocycles. The maximum atomic E-state index is 11.1. The number of Topliss-reactive ketones (excluding diaryl/α,β-unsaturated/α-hetero) is 1. The van der Waals surface area contributed by atoms with Crippen molar-refractivity contribution < 1.29 is 4.79 Å². The van der Waals surface area contributed by atoms with Crippen molar-refractivity contribution in [3.05, 3.63) is 30.0 Å². The number of ketones is 1. The van der Waals surface area contributed by atoms with E-state index in [4.69, 9.17) is 5.73 Å². The van der Waals surface area contributed by atoms with Gasteiger partial charge in [0, 0.05) is 17.1 Å². The number of H-pyrrole nitrogens is 1. The van der Waals surface area contributed by atoms with Gasteiger partial charge in [-0.1, -0.05) is 0 Å². The predicted molar refractivity (Wildman–Crippen MR) is 52.7 cm³/mol. The van der Waals surface area contributed by atoms with Crippen molar-refractivity contribution in [2.75, 3.05) is 5.73 Å². The molecule has 0 bridgehead atoms. The summed E-state index contributed by atoms with van der Waals surface area (Å²) in [6.45, 7) is 1.53. The van der Waals surface area contributed by atoms with Crippen LogP contribution in [0, 0.1) is 0 Å². The van der Waals surface area contributed by atoms with Crippen LogP contribution in [0.15, 0.2) is 24.4 Å². The number of anilines is 1. The highest BCUT2D eigenvalue weighted by atomic mass is 16.1. The highest BCUT2D eigenvalue weighted by Crippen LogP contribution is 2.21. The fourth-order valence-electron chi connectivity index (χ4n) is 1.40. The molecule has 0 saturated heterocycles. The van der Waals surface area contributed by atoms with Crippen LogP contribution < -0.4 is 5.73 Å². The molecule has 0 aliphatic rings. The second-order valence-corrected chi connectivity index (χ2v) is 3.06. The van der Waals surface area contributed by atoms with Crippen molar-refractivity contribution in [3.63, 3.8) is 0 Å². The molecule has 3 heteroatoms. The maximum Gasteiger partial charge on any atom is 0.159 e. The summed E-state index contributed by atoms with van der Waals surface area (Å²) in [6.07, 6.45) is 1.81. The molecule has 0 fully saturated rings. The minimum atomic E-state index is 0.0369. The van der Waals surface area contributed by atoms with Crippen LogP contribution in [0.1, 0.15) is 17.3 Å². The fourth-order valence-corrected chi connectivity index (χ4v) is 1.40. The molecular formula is C10H10N2O. The van der Waals surface area contributed by atoms with Gasteiger partial charge in [0.05, 0.1) is 11.2 Å². The van der Waals surface area contributed by atoms with E-state index in [1.807, 2.05) is 18.3 Å². The zero-order valence-corrected chi connectivity index (χ0v) is 7.29. The van der Waals surface area contributed by atoms with Crippen molar-refractivity contribution in [3.8, 4) is 0 Å². The summed E-state index contributed by atoms with van der Waals surface area (Å²) in [4.78, 5) is 14.1. The highest BCUT2D eigenvalue weighted by Gasteiger charge is 2.04. The summed E-state index contributed by atoms with van der Waals surface area (Å²) in [5.74, 6) is 0.0369. The molecule has 0 saturated carbocycles. The zero-order valence-electron chi connectivity index (χ0n) is 7.29. The lowest BCUT2D eigenvalue weighted by Gasteiger charge is -1.99. The SMILES string of the molecule is CC(=O)c1cc(N)c2[nH]ccc2c1. The molecule has 3 nitrogen and oxygen atoms in total. The topological polar surface area (TPSA) is 58.9 Å². The van der Waals surface area contributed by atoms with Crippen molar-refractivity contribution >= 4 is 22.4 Å². The number of hydrogen-bond donors (Lipinski definition) is 2. The van der Waals surface area contributed by atoms with Crippen molar-refractivity contribution in [2.45, 2.75) is 6.92 Å². The Bertz CT molecular complexity index is 471. The van der Waals surface area contributed by atoms with E-state index in [2.05, 4.69) is 4.98 Å². The number of nitrogens with one attached hydrogen (secondary N) is 1. The van der Waals surface area contributed by atoms with Gasteiger partial charge in [-0.3, -0.25) is 4.79 Å². The standard InChI is InChI=1S/C10H10N2O/c1-6(13)8-4-7-2-3-12-10(7)9(11)5-8/h2-5,12H,11H2,1H3. The molecule has 0 spiro atoms. The quantitative estimate of drug-likeness (QED) is 0.512. The average Bonchev–Trinajstić information content (AvgIpc) is 2.51. The van der Waals surface area contributed by atoms with E-state index in [-0.39, 0.29) is 5.78 Å². The Morgan fingerprint density at radius 2 is 2.23 bits per heavy atom. The summed E-state index contributed by atoms with van der Waals surface area (Å²) in [5.41, 5.74) is 7.92. The Kier molecular flexibility index (Phi) is 1.59. The third-order valence-corrected chi connectivity index (χ3v) is 2.10. The molecule has 2 rings (SSSR count). The van der Waals surface area contributed by atoms with E-state index in [0.29, 0.717) is 11.3 Å². The van der Waals surface area contributed by atoms with E-state index in [1.165, 1.54) is 6.92 Å². The molecule has 3 N–H and O–H groups in total. The number of benzene rings is 1. The maximum absolute atomic E-state index is 11.1. The molecule has 13 heavy (non-hydrogen) atoms. The van der Waals surface area contributed by atoms with Gasteiger partial charge in [0.1, 0.15) is 0 Å². The van der Waals surface area contributed by atoms with E-state index >= 15 is 0 Å². The molecule has 0 radical (unpaired) electrons. The minimum absolute atomic E-state index is 0.0369. The van der Waals surface area contributed by atoms with Crippen LogP contribution in [0.4, 0.5) is 5.69 Å². The van der Waals surface area contributed by atoms with Crippen LogP contribution in [0.3, 0.4) is 0 Å². The molecule has 1 heterocycles. The first-order valence-electron chi connectivity index (χ1n) is 4.06. The smallest absolute Gasteiger partial charge is 0.159 e. The second-order valence-electron chi connectivity index (χ2n) is 3.06. The van der Waals surface area contributed by atoms with Gasteiger partial charge in [-0.15, -0.1) is 0 Å². The molecule has 66 valence electrons. The Morgan fingerprint density at radius 3 is 2.92 bits per heavy atom. The molecule has 0 unspecified atom stereocenters. The average molecular weight is 174 g/mol. The monoisotopic (exact) mass is 174 g/mol. The number of aromatic amines is 1. The van der Waals surface area contributed by atoms with Gasteiger partial charge in [0.2, 0.25) is 0 Å². The van der Waals surface area contributed by atoms with E-state index in [9.17, 15) is 4.79 Å². The van der Waals surface area contributed by atoms with E-state index in [1.54, 1.807) is 6.07 Å². The minimum Gasteiger partial charge on any atom is -0.397 e.